The minimum absolute atomic E-state index is 0.0907. The van der Waals surface area contributed by atoms with Gasteiger partial charge in [0.2, 0.25) is 11.8 Å². The lowest BCUT2D eigenvalue weighted by atomic mass is 10.1. The highest BCUT2D eigenvalue weighted by Crippen LogP contribution is 2.20. The fraction of sp³-hybridized carbons (Fsp3) is 0.385. The Hall–Kier alpha value is -1.59. The molecule has 0 spiro atoms. The highest BCUT2D eigenvalue weighted by molar-refractivity contribution is 6.33. The van der Waals surface area contributed by atoms with Gasteiger partial charge in [-0.2, -0.15) is 0 Å². The van der Waals surface area contributed by atoms with Crippen molar-refractivity contribution in [2.75, 3.05) is 11.9 Å². The van der Waals surface area contributed by atoms with Gasteiger partial charge >= 0.3 is 0 Å². The molecular formula is C13H18ClN3O2. The normalized spacial score (nSPS) is 11.9. The predicted octanol–water partition coefficient (Wildman–Crippen LogP) is 1.77. The lowest BCUT2D eigenvalue weighted by Crippen LogP contribution is -2.30. The van der Waals surface area contributed by atoms with E-state index < -0.39 is 5.91 Å². The van der Waals surface area contributed by atoms with Crippen LogP contribution in [0, 0.1) is 0 Å². The van der Waals surface area contributed by atoms with E-state index in [1.54, 1.807) is 6.07 Å². The zero-order chi connectivity index (χ0) is 14.4. The van der Waals surface area contributed by atoms with Crippen molar-refractivity contribution in [3.8, 4) is 0 Å². The summed E-state index contributed by atoms with van der Waals surface area (Å²) in [4.78, 5) is 22.9. The Labute approximate surface area is 117 Å². The topological polar surface area (TPSA) is 84.2 Å². The molecule has 1 aromatic carbocycles. The van der Waals surface area contributed by atoms with Crippen LogP contribution in [0.1, 0.15) is 30.6 Å². The fourth-order valence-electron chi connectivity index (χ4n) is 1.70. The fourth-order valence-corrected chi connectivity index (χ4v) is 1.91. The quantitative estimate of drug-likeness (QED) is 0.744. The van der Waals surface area contributed by atoms with Crippen LogP contribution in [0.2, 0.25) is 5.02 Å². The predicted molar refractivity (Wildman–Crippen MR) is 76.4 cm³/mol. The van der Waals surface area contributed by atoms with E-state index in [0.29, 0.717) is 12.1 Å². The molecule has 1 unspecified atom stereocenters. The van der Waals surface area contributed by atoms with E-state index >= 15 is 0 Å². The number of primary amides is 1. The Morgan fingerprint density at radius 1 is 1.42 bits per heavy atom. The Morgan fingerprint density at radius 2 is 2.11 bits per heavy atom. The van der Waals surface area contributed by atoms with Gasteiger partial charge in [-0.3, -0.25) is 9.59 Å². The number of anilines is 1. The second-order valence-electron chi connectivity index (χ2n) is 4.27. The van der Waals surface area contributed by atoms with Crippen LogP contribution >= 0.6 is 11.6 Å². The molecule has 4 N–H and O–H groups in total. The molecule has 0 saturated heterocycles. The highest BCUT2D eigenvalue weighted by Gasteiger charge is 2.11. The first-order valence-corrected chi connectivity index (χ1v) is 6.44. The monoisotopic (exact) mass is 283 g/mol. The molecular weight excluding hydrogens is 266 g/mol. The summed E-state index contributed by atoms with van der Waals surface area (Å²) in [5.74, 6) is -0.756. The van der Waals surface area contributed by atoms with Crippen molar-refractivity contribution in [2.45, 2.75) is 26.3 Å². The maximum absolute atomic E-state index is 11.8. The second kappa shape index (κ2) is 7.11. The lowest BCUT2D eigenvalue weighted by Gasteiger charge is -2.12. The third kappa shape index (κ3) is 4.89. The van der Waals surface area contributed by atoms with Crippen molar-refractivity contribution in [2.24, 2.45) is 5.73 Å². The molecule has 2 amide bonds. The summed E-state index contributed by atoms with van der Waals surface area (Å²) in [5.41, 5.74) is 5.89. The molecule has 0 aliphatic heterocycles. The van der Waals surface area contributed by atoms with Gasteiger partial charge in [-0.05, 0) is 31.7 Å². The molecule has 19 heavy (non-hydrogen) atoms. The van der Waals surface area contributed by atoms with Crippen molar-refractivity contribution in [3.63, 3.8) is 0 Å². The number of rotatable bonds is 6. The summed E-state index contributed by atoms with van der Waals surface area (Å²) in [6, 6.07) is 4.73. The molecule has 6 heteroatoms. The van der Waals surface area contributed by atoms with Crippen molar-refractivity contribution in [1.29, 1.82) is 0 Å². The van der Waals surface area contributed by atoms with Gasteiger partial charge in [-0.1, -0.05) is 18.5 Å². The molecule has 0 aliphatic rings. The number of hydrogen-bond donors (Lipinski definition) is 3. The molecule has 0 radical (unpaired) electrons. The van der Waals surface area contributed by atoms with E-state index in [9.17, 15) is 9.59 Å². The average molecular weight is 284 g/mol. The maximum Gasteiger partial charge on any atom is 0.250 e. The van der Waals surface area contributed by atoms with Crippen molar-refractivity contribution >= 4 is 29.1 Å². The number of nitrogens with two attached hydrogens (primary N) is 1. The van der Waals surface area contributed by atoms with E-state index in [-0.39, 0.29) is 22.5 Å². The lowest BCUT2D eigenvalue weighted by molar-refractivity contribution is -0.116. The molecule has 0 fully saturated rings. The van der Waals surface area contributed by atoms with Crippen LogP contribution in [0.4, 0.5) is 5.69 Å². The van der Waals surface area contributed by atoms with Gasteiger partial charge in [-0.15, -0.1) is 0 Å². The van der Waals surface area contributed by atoms with Gasteiger partial charge in [0.05, 0.1) is 10.6 Å². The van der Waals surface area contributed by atoms with E-state index in [2.05, 4.69) is 10.6 Å². The van der Waals surface area contributed by atoms with Crippen LogP contribution in [0.15, 0.2) is 18.2 Å². The van der Waals surface area contributed by atoms with Gasteiger partial charge < -0.3 is 16.4 Å². The first-order chi connectivity index (χ1) is 8.93. The van der Waals surface area contributed by atoms with Gasteiger partial charge in [0.25, 0.3) is 0 Å². The van der Waals surface area contributed by atoms with Crippen LogP contribution in [0.3, 0.4) is 0 Å². The van der Waals surface area contributed by atoms with Gasteiger partial charge in [0.1, 0.15) is 0 Å². The van der Waals surface area contributed by atoms with Crippen LogP contribution in [-0.2, 0) is 4.79 Å². The number of benzene rings is 1. The molecule has 104 valence electrons. The summed E-state index contributed by atoms with van der Waals surface area (Å²) in [6.07, 6.45) is 0.350. The second-order valence-corrected chi connectivity index (χ2v) is 4.68. The van der Waals surface area contributed by atoms with E-state index in [1.807, 2.05) is 13.8 Å². The van der Waals surface area contributed by atoms with Crippen molar-refractivity contribution in [1.82, 2.24) is 5.32 Å². The van der Waals surface area contributed by atoms with E-state index in [4.69, 9.17) is 17.3 Å². The minimum atomic E-state index is -0.623. The van der Waals surface area contributed by atoms with Gasteiger partial charge in [0, 0.05) is 18.2 Å². The number of hydrogen-bond acceptors (Lipinski definition) is 3. The third-order valence-electron chi connectivity index (χ3n) is 2.56. The number of amides is 2. The van der Waals surface area contributed by atoms with Crippen LogP contribution in [0.5, 0.6) is 0 Å². The van der Waals surface area contributed by atoms with Crippen LogP contribution < -0.4 is 16.4 Å². The Morgan fingerprint density at radius 3 is 2.68 bits per heavy atom. The van der Waals surface area contributed by atoms with Crippen molar-refractivity contribution in [3.05, 3.63) is 28.8 Å². The molecule has 1 rings (SSSR count). The van der Waals surface area contributed by atoms with E-state index in [1.165, 1.54) is 12.1 Å². The Kier molecular flexibility index (Phi) is 5.79. The molecule has 1 atom stereocenters. The SMILES string of the molecule is CCNC(C)CC(=O)Nc1ccc(Cl)c(C(N)=O)c1. The standard InChI is InChI=1S/C13H18ClN3O2/c1-3-16-8(2)6-12(18)17-9-4-5-11(14)10(7-9)13(15)19/h4-5,7-8,16H,3,6H2,1-2H3,(H2,15,19)(H,17,18). The summed E-state index contributed by atoms with van der Waals surface area (Å²) >= 11 is 5.83. The van der Waals surface area contributed by atoms with Crippen LogP contribution in [-0.4, -0.2) is 24.4 Å². The largest absolute Gasteiger partial charge is 0.366 e. The molecule has 0 saturated carbocycles. The zero-order valence-electron chi connectivity index (χ0n) is 11.0. The smallest absolute Gasteiger partial charge is 0.250 e. The molecule has 0 bridgehead atoms. The summed E-state index contributed by atoms with van der Waals surface area (Å²) in [5, 5.41) is 6.12. The minimum Gasteiger partial charge on any atom is -0.366 e. The van der Waals surface area contributed by atoms with Crippen LogP contribution in [0.25, 0.3) is 0 Å². The van der Waals surface area contributed by atoms with Gasteiger partial charge in [-0.25, -0.2) is 0 Å². The number of carbonyl (C=O) groups is 2. The highest BCUT2D eigenvalue weighted by atomic mass is 35.5. The van der Waals surface area contributed by atoms with Gasteiger partial charge in [0.15, 0.2) is 0 Å². The first-order valence-electron chi connectivity index (χ1n) is 6.06. The summed E-state index contributed by atoms with van der Waals surface area (Å²) in [6.45, 7) is 4.72. The Balaban J connectivity index is 2.69. The molecule has 0 aromatic heterocycles. The average Bonchev–Trinajstić information content (AvgIpc) is 2.31. The number of halogens is 1. The summed E-state index contributed by atoms with van der Waals surface area (Å²) in [7, 11) is 0. The maximum atomic E-state index is 11.8. The third-order valence-corrected chi connectivity index (χ3v) is 2.89. The van der Waals surface area contributed by atoms with Crippen molar-refractivity contribution < 1.29 is 9.59 Å². The molecule has 5 nitrogen and oxygen atoms in total. The number of carbonyl (C=O) groups excluding carboxylic acids is 2. The Bertz CT molecular complexity index is 477. The molecule has 1 aromatic rings. The molecule has 0 heterocycles. The zero-order valence-corrected chi connectivity index (χ0v) is 11.8. The number of nitrogens with one attached hydrogen (secondary N) is 2. The molecule has 0 aliphatic carbocycles. The first kappa shape index (κ1) is 15.5. The van der Waals surface area contributed by atoms with E-state index in [0.717, 1.165) is 6.54 Å². The summed E-state index contributed by atoms with van der Waals surface area (Å²) < 4.78 is 0.